The fraction of sp³-hybridized carbons (Fsp3) is 0.700. The van der Waals surface area contributed by atoms with Gasteiger partial charge in [-0.3, -0.25) is 4.79 Å². The Balaban J connectivity index is 2.80. The first-order valence-electron chi connectivity index (χ1n) is 5.07. The van der Waals surface area contributed by atoms with Gasteiger partial charge in [-0.15, -0.1) is 6.42 Å². The maximum absolute atomic E-state index is 11.7. The van der Waals surface area contributed by atoms with E-state index in [1.54, 1.807) is 6.92 Å². The maximum atomic E-state index is 11.7. The Labute approximate surface area is 95.9 Å². The number of hydrogen-bond donors (Lipinski definition) is 1. The smallest absolute Gasteiger partial charge is 0.240 e. The number of nitrogens with two attached hydrogens (primary N) is 1. The van der Waals surface area contributed by atoms with Crippen molar-refractivity contribution in [3.05, 3.63) is 0 Å². The first kappa shape index (κ1) is 13.0. The number of nitrogens with zero attached hydrogens (tertiary/aromatic N) is 1. The summed E-state index contributed by atoms with van der Waals surface area (Å²) in [7, 11) is -3.02. The van der Waals surface area contributed by atoms with Crippen LogP contribution < -0.4 is 5.73 Å². The summed E-state index contributed by atoms with van der Waals surface area (Å²) < 4.78 is 22.6. The summed E-state index contributed by atoms with van der Waals surface area (Å²) in [5, 5.41) is 0. The summed E-state index contributed by atoms with van der Waals surface area (Å²) >= 11 is 0. The van der Waals surface area contributed by atoms with E-state index in [0.29, 0.717) is 6.42 Å². The quantitative estimate of drug-likeness (QED) is 0.645. The van der Waals surface area contributed by atoms with E-state index >= 15 is 0 Å². The number of sulfone groups is 1. The third-order valence-electron chi connectivity index (χ3n) is 2.58. The second-order valence-corrected chi connectivity index (χ2v) is 6.24. The molecular weight excluding hydrogens is 228 g/mol. The molecule has 0 aliphatic carbocycles. The van der Waals surface area contributed by atoms with Crippen molar-refractivity contribution in [1.29, 1.82) is 0 Å². The summed E-state index contributed by atoms with van der Waals surface area (Å²) in [6, 6.07) is -0.976. The molecule has 1 fully saturated rings. The molecule has 0 aromatic rings. The van der Waals surface area contributed by atoms with Gasteiger partial charge >= 0.3 is 0 Å². The van der Waals surface area contributed by atoms with E-state index in [4.69, 9.17) is 12.2 Å². The van der Waals surface area contributed by atoms with E-state index in [1.807, 2.05) is 0 Å². The van der Waals surface area contributed by atoms with Gasteiger partial charge in [-0.1, -0.05) is 5.92 Å². The third kappa shape index (κ3) is 2.97. The molecule has 5 nitrogen and oxygen atoms in total. The molecule has 0 radical (unpaired) electrons. The Morgan fingerprint density at radius 3 is 2.69 bits per heavy atom. The summed E-state index contributed by atoms with van der Waals surface area (Å²) in [5.41, 5.74) is 5.49. The lowest BCUT2D eigenvalue weighted by atomic mass is 10.2. The standard InChI is InChI=1S/C10H16N2O3S/c1-3-5-12(10(13)8(2)11)9-4-6-16(14,15)7-9/h1,8-9H,4-7,11H2,2H3/t8-,9?/m1/s1. The van der Waals surface area contributed by atoms with Gasteiger partial charge in [0.15, 0.2) is 9.84 Å². The zero-order valence-corrected chi connectivity index (χ0v) is 10.0. The molecule has 2 N–H and O–H groups in total. The minimum absolute atomic E-state index is 0.00681. The number of rotatable bonds is 3. The van der Waals surface area contributed by atoms with E-state index in [-0.39, 0.29) is 30.0 Å². The van der Waals surface area contributed by atoms with Gasteiger partial charge in [-0.2, -0.15) is 0 Å². The topological polar surface area (TPSA) is 80.5 Å². The van der Waals surface area contributed by atoms with Crippen LogP contribution in [0.3, 0.4) is 0 Å². The average molecular weight is 244 g/mol. The van der Waals surface area contributed by atoms with Gasteiger partial charge in [0.25, 0.3) is 0 Å². The van der Waals surface area contributed by atoms with Gasteiger partial charge in [0, 0.05) is 6.04 Å². The van der Waals surface area contributed by atoms with Crippen LogP contribution in [-0.2, 0) is 14.6 Å². The molecule has 1 aliphatic heterocycles. The molecule has 1 rings (SSSR count). The second-order valence-electron chi connectivity index (χ2n) is 4.02. The third-order valence-corrected chi connectivity index (χ3v) is 4.33. The maximum Gasteiger partial charge on any atom is 0.240 e. The van der Waals surface area contributed by atoms with Crippen LogP contribution in [0.2, 0.25) is 0 Å². The largest absolute Gasteiger partial charge is 0.326 e. The number of terminal acetylenes is 1. The minimum Gasteiger partial charge on any atom is -0.326 e. The highest BCUT2D eigenvalue weighted by atomic mass is 32.2. The SMILES string of the molecule is C#CCN(C(=O)[C@@H](C)N)C1CCS(=O)(=O)C1. The zero-order chi connectivity index (χ0) is 12.3. The molecule has 0 spiro atoms. The van der Waals surface area contributed by atoms with Crippen LogP contribution >= 0.6 is 0 Å². The highest BCUT2D eigenvalue weighted by Gasteiger charge is 2.34. The normalized spacial score (nSPS) is 24.7. The predicted molar refractivity (Wildman–Crippen MR) is 61.3 cm³/mol. The summed E-state index contributed by atoms with van der Waals surface area (Å²) in [4.78, 5) is 13.1. The molecule has 6 heteroatoms. The summed E-state index contributed by atoms with van der Waals surface area (Å²) in [6.07, 6.45) is 5.62. The van der Waals surface area contributed by atoms with Crippen LogP contribution in [0.15, 0.2) is 0 Å². The molecule has 90 valence electrons. The average Bonchev–Trinajstić information content (AvgIpc) is 2.54. The molecule has 2 atom stereocenters. The first-order chi connectivity index (χ1) is 7.37. The van der Waals surface area contributed by atoms with Gasteiger partial charge in [0.2, 0.25) is 5.91 Å². The molecule has 0 bridgehead atoms. The first-order valence-corrected chi connectivity index (χ1v) is 6.89. The van der Waals surface area contributed by atoms with Crippen molar-refractivity contribution in [1.82, 2.24) is 4.90 Å². The summed E-state index contributed by atoms with van der Waals surface area (Å²) in [5.74, 6) is 2.18. The number of carbonyl (C=O) groups excluding carboxylic acids is 1. The second kappa shape index (κ2) is 4.85. The molecule has 0 aromatic heterocycles. The monoisotopic (exact) mass is 244 g/mol. The molecular formula is C10H16N2O3S. The molecule has 0 aromatic carbocycles. The highest BCUT2D eigenvalue weighted by molar-refractivity contribution is 7.91. The van der Waals surface area contributed by atoms with Gasteiger partial charge in [-0.25, -0.2) is 8.42 Å². The van der Waals surface area contributed by atoms with Crippen LogP contribution in [0, 0.1) is 12.3 Å². The van der Waals surface area contributed by atoms with Crippen molar-refractivity contribution in [3.8, 4) is 12.3 Å². The Hall–Kier alpha value is -1.06. The van der Waals surface area contributed by atoms with E-state index in [1.165, 1.54) is 4.90 Å². The van der Waals surface area contributed by atoms with Crippen molar-refractivity contribution in [3.63, 3.8) is 0 Å². The van der Waals surface area contributed by atoms with Crippen LogP contribution in [-0.4, -0.2) is 49.4 Å². The Kier molecular flexibility index (Phi) is 3.94. The van der Waals surface area contributed by atoms with E-state index in [2.05, 4.69) is 5.92 Å². The number of amides is 1. The lowest BCUT2D eigenvalue weighted by Crippen LogP contribution is -2.48. The number of carbonyl (C=O) groups is 1. The highest BCUT2D eigenvalue weighted by Crippen LogP contribution is 2.18. The summed E-state index contributed by atoms with van der Waals surface area (Å²) in [6.45, 7) is 1.68. The van der Waals surface area contributed by atoms with Crippen LogP contribution in [0.4, 0.5) is 0 Å². The zero-order valence-electron chi connectivity index (χ0n) is 9.22. The lowest BCUT2D eigenvalue weighted by Gasteiger charge is -2.27. The molecule has 1 amide bonds. The van der Waals surface area contributed by atoms with Crippen LogP contribution in [0.1, 0.15) is 13.3 Å². The number of hydrogen-bond acceptors (Lipinski definition) is 4. The fourth-order valence-electron chi connectivity index (χ4n) is 1.77. The van der Waals surface area contributed by atoms with Crippen molar-refractivity contribution in [2.24, 2.45) is 5.73 Å². The van der Waals surface area contributed by atoms with Gasteiger partial charge < -0.3 is 10.6 Å². The van der Waals surface area contributed by atoms with E-state index in [9.17, 15) is 13.2 Å². The van der Waals surface area contributed by atoms with E-state index in [0.717, 1.165) is 0 Å². The lowest BCUT2D eigenvalue weighted by molar-refractivity contribution is -0.133. The Morgan fingerprint density at radius 2 is 2.31 bits per heavy atom. The van der Waals surface area contributed by atoms with Gasteiger partial charge in [0.05, 0.1) is 24.1 Å². The van der Waals surface area contributed by atoms with Crippen LogP contribution in [0.25, 0.3) is 0 Å². The van der Waals surface area contributed by atoms with Gasteiger partial charge in [0.1, 0.15) is 0 Å². The molecule has 1 saturated heterocycles. The van der Waals surface area contributed by atoms with Crippen molar-refractivity contribution >= 4 is 15.7 Å². The predicted octanol–water partition coefficient (Wildman–Crippen LogP) is -1.02. The molecule has 0 saturated carbocycles. The molecule has 1 aliphatic rings. The van der Waals surface area contributed by atoms with Crippen LogP contribution in [0.5, 0.6) is 0 Å². The molecule has 16 heavy (non-hydrogen) atoms. The minimum atomic E-state index is -3.02. The fourth-order valence-corrected chi connectivity index (χ4v) is 3.50. The molecule has 1 heterocycles. The van der Waals surface area contributed by atoms with Crippen molar-refractivity contribution < 1.29 is 13.2 Å². The Morgan fingerprint density at radius 1 is 1.69 bits per heavy atom. The van der Waals surface area contributed by atoms with Crippen molar-refractivity contribution in [2.75, 3.05) is 18.1 Å². The van der Waals surface area contributed by atoms with Crippen molar-refractivity contribution in [2.45, 2.75) is 25.4 Å². The Bertz CT molecular complexity index is 408. The van der Waals surface area contributed by atoms with Gasteiger partial charge in [-0.05, 0) is 13.3 Å². The van der Waals surface area contributed by atoms with E-state index < -0.39 is 15.9 Å². The molecule has 1 unspecified atom stereocenters.